The van der Waals surface area contributed by atoms with Crippen LogP contribution in [0.2, 0.25) is 0 Å². The lowest BCUT2D eigenvalue weighted by atomic mass is 10.0. The number of benzene rings is 1. The second-order valence-electron chi connectivity index (χ2n) is 2.72. The topological polar surface area (TPSA) is 17.1 Å². The summed E-state index contributed by atoms with van der Waals surface area (Å²) in [6.45, 7) is 2.35. The first-order valence-corrected chi connectivity index (χ1v) is 3.59. The standard InChI is InChI=1S/C9H7F3O/c1-4-6(3-13)9(12)8(11)5(2)7(4)10/h3H,1-2H3. The zero-order chi connectivity index (χ0) is 10.2. The van der Waals surface area contributed by atoms with Crippen molar-refractivity contribution in [1.82, 2.24) is 0 Å². The average molecular weight is 188 g/mol. The van der Waals surface area contributed by atoms with Crippen LogP contribution in [-0.4, -0.2) is 6.29 Å². The molecule has 0 spiro atoms. The van der Waals surface area contributed by atoms with E-state index in [2.05, 4.69) is 0 Å². The van der Waals surface area contributed by atoms with Crippen LogP contribution in [0.5, 0.6) is 0 Å². The summed E-state index contributed by atoms with van der Waals surface area (Å²) in [5.74, 6) is -3.46. The van der Waals surface area contributed by atoms with Gasteiger partial charge in [-0.1, -0.05) is 0 Å². The molecule has 0 saturated carbocycles. The average Bonchev–Trinajstić information content (AvgIpc) is 2.13. The molecule has 0 aliphatic heterocycles. The molecule has 0 bridgehead atoms. The van der Waals surface area contributed by atoms with Crippen molar-refractivity contribution >= 4 is 6.29 Å². The van der Waals surface area contributed by atoms with Gasteiger partial charge in [0, 0.05) is 5.56 Å². The number of hydrogen-bond acceptors (Lipinski definition) is 1. The fourth-order valence-corrected chi connectivity index (χ4v) is 1.08. The molecule has 1 aromatic carbocycles. The molecule has 0 saturated heterocycles. The van der Waals surface area contributed by atoms with Crippen molar-refractivity contribution < 1.29 is 18.0 Å². The zero-order valence-corrected chi connectivity index (χ0v) is 7.12. The van der Waals surface area contributed by atoms with Gasteiger partial charge < -0.3 is 0 Å². The van der Waals surface area contributed by atoms with Gasteiger partial charge in [-0.15, -0.1) is 0 Å². The molecule has 13 heavy (non-hydrogen) atoms. The number of rotatable bonds is 1. The Bertz CT molecular complexity index is 343. The first-order chi connectivity index (χ1) is 6.00. The third kappa shape index (κ3) is 1.32. The molecule has 0 radical (unpaired) electrons. The van der Waals surface area contributed by atoms with Crippen LogP contribution in [0.4, 0.5) is 13.2 Å². The Labute approximate surface area is 73.2 Å². The van der Waals surface area contributed by atoms with Gasteiger partial charge in [0.2, 0.25) is 0 Å². The summed E-state index contributed by atoms with van der Waals surface area (Å²) in [5, 5.41) is 0. The molecule has 0 atom stereocenters. The van der Waals surface area contributed by atoms with Crippen molar-refractivity contribution in [2.24, 2.45) is 0 Å². The van der Waals surface area contributed by atoms with Gasteiger partial charge in [-0.3, -0.25) is 4.79 Å². The van der Waals surface area contributed by atoms with E-state index < -0.39 is 28.6 Å². The highest BCUT2D eigenvalue weighted by atomic mass is 19.2. The van der Waals surface area contributed by atoms with Gasteiger partial charge in [0.15, 0.2) is 17.9 Å². The molecule has 0 aromatic heterocycles. The van der Waals surface area contributed by atoms with E-state index >= 15 is 0 Å². The van der Waals surface area contributed by atoms with E-state index in [9.17, 15) is 18.0 Å². The van der Waals surface area contributed by atoms with Crippen LogP contribution in [-0.2, 0) is 0 Å². The van der Waals surface area contributed by atoms with Gasteiger partial charge >= 0.3 is 0 Å². The maximum Gasteiger partial charge on any atom is 0.170 e. The summed E-state index contributed by atoms with van der Waals surface area (Å²) < 4.78 is 38.8. The van der Waals surface area contributed by atoms with Crippen LogP contribution in [0.3, 0.4) is 0 Å². The van der Waals surface area contributed by atoms with E-state index in [-0.39, 0.29) is 11.8 Å². The van der Waals surface area contributed by atoms with Crippen LogP contribution < -0.4 is 0 Å². The van der Waals surface area contributed by atoms with Crippen LogP contribution in [0, 0.1) is 31.3 Å². The quantitative estimate of drug-likeness (QED) is 0.489. The fourth-order valence-electron chi connectivity index (χ4n) is 1.08. The van der Waals surface area contributed by atoms with Crippen molar-refractivity contribution in [3.05, 3.63) is 34.1 Å². The Balaban J connectivity index is 3.66. The maximum absolute atomic E-state index is 13.1. The molecule has 70 valence electrons. The zero-order valence-electron chi connectivity index (χ0n) is 7.12. The summed E-state index contributed by atoms with van der Waals surface area (Å²) >= 11 is 0. The summed E-state index contributed by atoms with van der Waals surface area (Å²) in [6.07, 6.45) is 0.107. The Morgan fingerprint density at radius 2 is 1.46 bits per heavy atom. The minimum atomic E-state index is -1.30. The summed E-state index contributed by atoms with van der Waals surface area (Å²) in [5.41, 5.74) is -1.12. The first kappa shape index (κ1) is 9.77. The smallest absolute Gasteiger partial charge is 0.170 e. The largest absolute Gasteiger partial charge is 0.298 e. The van der Waals surface area contributed by atoms with Crippen LogP contribution in [0.25, 0.3) is 0 Å². The van der Waals surface area contributed by atoms with Gasteiger partial charge in [-0.25, -0.2) is 13.2 Å². The molecule has 1 aromatic rings. The minimum Gasteiger partial charge on any atom is -0.298 e. The number of hydrogen-bond donors (Lipinski definition) is 0. The van der Waals surface area contributed by atoms with Crippen LogP contribution in [0.15, 0.2) is 0 Å². The molecule has 0 N–H and O–H groups in total. The monoisotopic (exact) mass is 188 g/mol. The van der Waals surface area contributed by atoms with E-state index in [4.69, 9.17) is 0 Å². The Morgan fingerprint density at radius 3 is 1.92 bits per heavy atom. The number of carbonyl (C=O) groups excluding carboxylic acids is 1. The van der Waals surface area contributed by atoms with E-state index in [1.807, 2.05) is 0 Å². The Kier molecular flexibility index (Phi) is 2.40. The highest BCUT2D eigenvalue weighted by Crippen LogP contribution is 2.22. The molecule has 1 rings (SSSR count). The van der Waals surface area contributed by atoms with Crippen LogP contribution >= 0.6 is 0 Å². The van der Waals surface area contributed by atoms with E-state index in [1.165, 1.54) is 6.92 Å². The van der Waals surface area contributed by atoms with Gasteiger partial charge in [0.25, 0.3) is 0 Å². The van der Waals surface area contributed by atoms with Crippen molar-refractivity contribution in [2.45, 2.75) is 13.8 Å². The maximum atomic E-state index is 13.1. The summed E-state index contributed by atoms with van der Waals surface area (Å²) in [7, 11) is 0. The van der Waals surface area contributed by atoms with E-state index in [0.717, 1.165) is 6.92 Å². The highest BCUT2D eigenvalue weighted by molar-refractivity contribution is 5.78. The first-order valence-electron chi connectivity index (χ1n) is 3.59. The molecule has 0 aliphatic rings. The normalized spacial score (nSPS) is 10.2. The van der Waals surface area contributed by atoms with Gasteiger partial charge in [-0.2, -0.15) is 0 Å². The molecule has 0 unspecified atom stereocenters. The Morgan fingerprint density at radius 1 is 0.923 bits per heavy atom. The second kappa shape index (κ2) is 3.20. The third-order valence-corrected chi connectivity index (χ3v) is 1.94. The number of carbonyl (C=O) groups is 1. The number of aldehydes is 1. The predicted octanol–water partition coefficient (Wildman–Crippen LogP) is 2.53. The molecular weight excluding hydrogens is 181 g/mol. The van der Waals surface area contributed by atoms with Crippen molar-refractivity contribution in [3.63, 3.8) is 0 Å². The summed E-state index contributed by atoms with van der Waals surface area (Å²) in [6, 6.07) is 0. The lowest BCUT2D eigenvalue weighted by Gasteiger charge is -2.06. The lowest BCUT2D eigenvalue weighted by Crippen LogP contribution is -2.04. The van der Waals surface area contributed by atoms with Crippen molar-refractivity contribution in [1.29, 1.82) is 0 Å². The SMILES string of the molecule is Cc1c(F)c(C)c(C=O)c(F)c1F. The molecule has 0 heterocycles. The molecule has 4 heteroatoms. The Hall–Kier alpha value is -1.32. The van der Waals surface area contributed by atoms with Crippen molar-refractivity contribution in [2.75, 3.05) is 0 Å². The minimum absolute atomic E-state index is 0.107. The van der Waals surface area contributed by atoms with Gasteiger partial charge in [-0.05, 0) is 19.4 Å². The second-order valence-corrected chi connectivity index (χ2v) is 2.72. The lowest BCUT2D eigenvalue weighted by molar-refractivity contribution is 0.111. The van der Waals surface area contributed by atoms with Crippen molar-refractivity contribution in [3.8, 4) is 0 Å². The fraction of sp³-hybridized carbons (Fsp3) is 0.222. The molecule has 1 nitrogen and oxygen atoms in total. The van der Waals surface area contributed by atoms with E-state index in [1.54, 1.807) is 0 Å². The van der Waals surface area contributed by atoms with E-state index in [0.29, 0.717) is 0 Å². The molecule has 0 fully saturated rings. The summed E-state index contributed by atoms with van der Waals surface area (Å²) in [4.78, 5) is 10.3. The third-order valence-electron chi connectivity index (χ3n) is 1.94. The molecule has 0 amide bonds. The van der Waals surface area contributed by atoms with Gasteiger partial charge in [0.05, 0.1) is 5.56 Å². The van der Waals surface area contributed by atoms with Gasteiger partial charge in [0.1, 0.15) is 5.82 Å². The predicted molar refractivity (Wildman–Crippen MR) is 41.2 cm³/mol. The molecular formula is C9H7F3O. The highest BCUT2D eigenvalue weighted by Gasteiger charge is 2.19. The number of halogens is 3. The molecule has 0 aliphatic carbocycles. The van der Waals surface area contributed by atoms with Crippen LogP contribution in [0.1, 0.15) is 21.5 Å².